The van der Waals surface area contributed by atoms with E-state index in [-0.39, 0.29) is 6.09 Å². The molecule has 0 bridgehead atoms. The van der Waals surface area contributed by atoms with Gasteiger partial charge in [-0.05, 0) is 31.9 Å². The van der Waals surface area contributed by atoms with Crippen molar-refractivity contribution >= 4 is 22.0 Å². The fourth-order valence-corrected chi connectivity index (χ4v) is 1.89. The Labute approximate surface area is 111 Å². The van der Waals surface area contributed by atoms with E-state index in [9.17, 15) is 4.79 Å². The summed E-state index contributed by atoms with van der Waals surface area (Å²) in [6, 6.07) is 7.96. The number of rotatable bonds is 3. The van der Waals surface area contributed by atoms with Crippen LogP contribution < -0.4 is 5.32 Å². The summed E-state index contributed by atoms with van der Waals surface area (Å²) < 4.78 is 5.17. The van der Waals surface area contributed by atoms with E-state index in [0.717, 1.165) is 10.9 Å². The number of alkyl halides is 1. The highest BCUT2D eigenvalue weighted by Crippen LogP contribution is 2.12. The zero-order chi connectivity index (χ0) is 12.9. The molecule has 0 aliphatic rings. The monoisotopic (exact) mass is 299 g/mol. The van der Waals surface area contributed by atoms with Crippen molar-refractivity contribution in [1.29, 1.82) is 0 Å². The molecular formula is C13H18BrNO2. The number of carbonyl (C=O) groups excluding carboxylic acids is 1. The van der Waals surface area contributed by atoms with Crippen molar-refractivity contribution in [1.82, 2.24) is 5.32 Å². The van der Waals surface area contributed by atoms with Gasteiger partial charge in [-0.1, -0.05) is 40.2 Å². The molecule has 0 saturated heterocycles. The van der Waals surface area contributed by atoms with Gasteiger partial charge in [0.05, 0.1) is 0 Å². The van der Waals surface area contributed by atoms with Crippen molar-refractivity contribution in [3.05, 3.63) is 35.4 Å². The van der Waals surface area contributed by atoms with Gasteiger partial charge in [-0.2, -0.15) is 0 Å². The zero-order valence-corrected chi connectivity index (χ0v) is 12.0. The van der Waals surface area contributed by atoms with E-state index in [1.165, 1.54) is 5.56 Å². The van der Waals surface area contributed by atoms with Crippen LogP contribution in [0.5, 0.6) is 0 Å². The van der Waals surface area contributed by atoms with Gasteiger partial charge in [0.15, 0.2) is 0 Å². The molecule has 1 amide bonds. The van der Waals surface area contributed by atoms with Gasteiger partial charge in [0.25, 0.3) is 0 Å². The third-order valence-electron chi connectivity index (χ3n) is 2.08. The Balaban J connectivity index is 2.53. The van der Waals surface area contributed by atoms with Gasteiger partial charge >= 0.3 is 6.09 Å². The van der Waals surface area contributed by atoms with E-state index in [2.05, 4.69) is 21.2 Å². The number of ether oxygens (including phenoxy) is 1. The summed E-state index contributed by atoms with van der Waals surface area (Å²) in [5.41, 5.74) is 1.80. The summed E-state index contributed by atoms with van der Waals surface area (Å²) >= 11 is 3.42. The Kier molecular flexibility index (Phi) is 5.00. The van der Waals surface area contributed by atoms with Crippen LogP contribution in [0.3, 0.4) is 0 Å². The maximum absolute atomic E-state index is 11.5. The molecular weight excluding hydrogens is 282 g/mol. The van der Waals surface area contributed by atoms with Crippen molar-refractivity contribution in [2.45, 2.75) is 38.2 Å². The molecule has 0 spiro atoms. The average molecular weight is 300 g/mol. The predicted octanol–water partition coefficient (Wildman–Crippen LogP) is 3.61. The van der Waals surface area contributed by atoms with Crippen molar-refractivity contribution in [2.75, 3.05) is 0 Å². The second-order valence-electron chi connectivity index (χ2n) is 4.76. The van der Waals surface area contributed by atoms with Crippen molar-refractivity contribution in [3.63, 3.8) is 0 Å². The van der Waals surface area contributed by atoms with Crippen LogP contribution in [0.1, 0.15) is 31.9 Å². The lowest BCUT2D eigenvalue weighted by molar-refractivity contribution is 0.0523. The lowest BCUT2D eigenvalue weighted by Gasteiger charge is -2.20. The van der Waals surface area contributed by atoms with Gasteiger partial charge in [-0.15, -0.1) is 0 Å². The normalized spacial score (nSPS) is 11.1. The molecule has 0 aromatic heterocycles. The fraction of sp³-hybridized carbons (Fsp3) is 0.462. The molecule has 0 heterocycles. The summed E-state index contributed by atoms with van der Waals surface area (Å²) in [4.78, 5) is 11.5. The quantitative estimate of drug-likeness (QED) is 0.866. The summed E-state index contributed by atoms with van der Waals surface area (Å²) in [5, 5.41) is 3.53. The molecule has 1 N–H and O–H groups in total. The first-order valence-electron chi connectivity index (χ1n) is 5.52. The molecule has 1 aromatic carbocycles. The van der Waals surface area contributed by atoms with Gasteiger partial charge in [0.1, 0.15) is 5.60 Å². The second kappa shape index (κ2) is 6.05. The Morgan fingerprint density at radius 3 is 2.41 bits per heavy atom. The minimum Gasteiger partial charge on any atom is -0.444 e. The summed E-state index contributed by atoms with van der Waals surface area (Å²) in [6.45, 7) is 6.02. The Hall–Kier alpha value is -1.03. The second-order valence-corrected chi connectivity index (χ2v) is 5.32. The number of nitrogens with one attached hydrogen (secondary N) is 1. The van der Waals surface area contributed by atoms with Gasteiger partial charge in [-0.25, -0.2) is 4.79 Å². The van der Waals surface area contributed by atoms with E-state index in [1.54, 1.807) is 0 Å². The molecule has 0 saturated carbocycles. The lowest BCUT2D eigenvalue weighted by atomic mass is 10.1. The van der Waals surface area contributed by atoms with Crippen LogP contribution in [0.4, 0.5) is 4.79 Å². The number of alkyl carbamates (subject to hydrolysis) is 1. The summed E-state index contributed by atoms with van der Waals surface area (Å²) in [6.07, 6.45) is -0.387. The first-order chi connectivity index (χ1) is 7.92. The molecule has 0 fully saturated rings. The first kappa shape index (κ1) is 14.0. The zero-order valence-electron chi connectivity index (χ0n) is 10.4. The number of hydrogen-bond acceptors (Lipinski definition) is 2. The average Bonchev–Trinajstić information content (AvgIpc) is 2.24. The number of halogens is 1. The minimum atomic E-state index is -0.459. The third-order valence-corrected chi connectivity index (χ3v) is 2.69. The van der Waals surface area contributed by atoms with Gasteiger partial charge < -0.3 is 10.1 Å². The standard InChI is InChI=1S/C13H18BrNO2/c1-13(2,3)17-12(16)15-9-11-7-5-4-6-10(11)8-14/h4-7H,8-9H2,1-3H3,(H,15,16). The Bertz CT molecular complexity index is 385. The van der Waals surface area contributed by atoms with Crippen LogP contribution >= 0.6 is 15.9 Å². The van der Waals surface area contributed by atoms with E-state index < -0.39 is 5.60 Å². The maximum Gasteiger partial charge on any atom is 0.407 e. The van der Waals surface area contributed by atoms with Crippen LogP contribution in [-0.4, -0.2) is 11.7 Å². The molecule has 17 heavy (non-hydrogen) atoms. The largest absolute Gasteiger partial charge is 0.444 e. The molecule has 0 radical (unpaired) electrons. The molecule has 0 aliphatic heterocycles. The highest BCUT2D eigenvalue weighted by Gasteiger charge is 2.15. The van der Waals surface area contributed by atoms with Crippen molar-refractivity contribution in [3.8, 4) is 0 Å². The predicted molar refractivity (Wildman–Crippen MR) is 72.1 cm³/mol. The van der Waals surface area contributed by atoms with Crippen LogP contribution in [0.15, 0.2) is 24.3 Å². The fourth-order valence-electron chi connectivity index (χ4n) is 1.34. The first-order valence-corrected chi connectivity index (χ1v) is 6.64. The van der Waals surface area contributed by atoms with E-state index in [1.807, 2.05) is 45.0 Å². The van der Waals surface area contributed by atoms with Crippen molar-refractivity contribution in [2.24, 2.45) is 0 Å². The molecule has 1 aromatic rings. The molecule has 94 valence electrons. The van der Waals surface area contributed by atoms with Crippen molar-refractivity contribution < 1.29 is 9.53 Å². The van der Waals surface area contributed by atoms with Gasteiger partial charge in [0, 0.05) is 11.9 Å². The SMILES string of the molecule is CC(C)(C)OC(=O)NCc1ccccc1CBr. The van der Waals surface area contributed by atoms with E-state index in [4.69, 9.17) is 4.74 Å². The van der Waals surface area contributed by atoms with Gasteiger partial charge in [-0.3, -0.25) is 0 Å². The number of benzene rings is 1. The third kappa shape index (κ3) is 5.22. The summed E-state index contributed by atoms with van der Waals surface area (Å²) in [7, 11) is 0. The van der Waals surface area contributed by atoms with Crippen LogP contribution in [-0.2, 0) is 16.6 Å². The van der Waals surface area contributed by atoms with Crippen LogP contribution in [0, 0.1) is 0 Å². The topological polar surface area (TPSA) is 38.3 Å². The molecule has 0 unspecified atom stereocenters. The Morgan fingerprint density at radius 2 is 1.88 bits per heavy atom. The van der Waals surface area contributed by atoms with Gasteiger partial charge in [0.2, 0.25) is 0 Å². The summed E-state index contributed by atoms with van der Waals surface area (Å²) in [5.74, 6) is 0. The van der Waals surface area contributed by atoms with Crippen LogP contribution in [0.2, 0.25) is 0 Å². The minimum absolute atomic E-state index is 0.387. The number of hydrogen-bond donors (Lipinski definition) is 1. The van der Waals surface area contributed by atoms with E-state index in [0.29, 0.717) is 6.54 Å². The molecule has 4 heteroatoms. The Morgan fingerprint density at radius 1 is 1.29 bits per heavy atom. The lowest BCUT2D eigenvalue weighted by Crippen LogP contribution is -2.32. The van der Waals surface area contributed by atoms with Crippen LogP contribution in [0.25, 0.3) is 0 Å². The maximum atomic E-state index is 11.5. The molecule has 1 rings (SSSR count). The van der Waals surface area contributed by atoms with E-state index >= 15 is 0 Å². The molecule has 0 aliphatic carbocycles. The number of amides is 1. The smallest absolute Gasteiger partial charge is 0.407 e. The highest BCUT2D eigenvalue weighted by atomic mass is 79.9. The highest BCUT2D eigenvalue weighted by molar-refractivity contribution is 9.08. The molecule has 0 atom stereocenters. The molecule has 3 nitrogen and oxygen atoms in total. The number of carbonyl (C=O) groups is 1.